The molecule has 2 aromatic carbocycles. The zero-order chi connectivity index (χ0) is 25.1. The van der Waals surface area contributed by atoms with Crippen LogP contribution in [0.5, 0.6) is 0 Å². The van der Waals surface area contributed by atoms with Gasteiger partial charge in [0, 0.05) is 14.3 Å². The van der Waals surface area contributed by atoms with Gasteiger partial charge in [0.25, 0.3) is 5.56 Å². The molecule has 0 bridgehead atoms. The van der Waals surface area contributed by atoms with Crippen LogP contribution in [0.4, 0.5) is 0 Å². The maximum atomic E-state index is 11.4. The monoisotopic (exact) mass is 696 g/mol. The summed E-state index contributed by atoms with van der Waals surface area (Å²) in [6.45, 7) is 3.87. The maximum absolute atomic E-state index is 11.4. The van der Waals surface area contributed by atoms with Crippen LogP contribution in [0.3, 0.4) is 0 Å². The van der Waals surface area contributed by atoms with Crippen molar-refractivity contribution >= 4 is 116 Å². The number of hydrogen-bond donors (Lipinski definition) is 2. The predicted molar refractivity (Wildman–Crippen MR) is 145 cm³/mol. The van der Waals surface area contributed by atoms with E-state index in [1.165, 1.54) is 0 Å². The van der Waals surface area contributed by atoms with Crippen molar-refractivity contribution in [1.29, 1.82) is 0 Å². The second-order valence-corrected chi connectivity index (χ2v) is 15.2. The number of fused-ring (bicyclic) bond motifs is 2. The van der Waals surface area contributed by atoms with Crippen molar-refractivity contribution in [2.75, 3.05) is 0 Å². The summed E-state index contributed by atoms with van der Waals surface area (Å²) < 4.78 is 11.2. The molecule has 0 saturated carbocycles. The molecule has 2 aromatic heterocycles. The second kappa shape index (κ2) is 11.9. The van der Waals surface area contributed by atoms with E-state index in [4.69, 9.17) is 23.2 Å². The topological polar surface area (TPSA) is 109 Å². The van der Waals surface area contributed by atoms with Crippen molar-refractivity contribution in [3.05, 3.63) is 75.6 Å². The normalized spacial score (nSPS) is 10.9. The minimum atomic E-state index is -3.22. The highest BCUT2D eigenvalue weighted by atomic mass is 79.9. The van der Waals surface area contributed by atoms with Crippen molar-refractivity contribution in [1.82, 2.24) is 19.9 Å². The Morgan fingerprint density at radius 3 is 1.94 bits per heavy atom. The van der Waals surface area contributed by atoms with Crippen molar-refractivity contribution in [2.24, 2.45) is 0 Å². The predicted octanol–water partition coefficient (Wildman–Crippen LogP) is 8.11. The van der Waals surface area contributed by atoms with Gasteiger partial charge in [-0.05, 0) is 114 Å². The number of benzene rings is 2. The first kappa shape index (κ1) is 28.6. The Balaban J connectivity index is 0.000000195. The van der Waals surface area contributed by atoms with Crippen LogP contribution in [0.15, 0.2) is 42.8 Å². The summed E-state index contributed by atoms with van der Waals surface area (Å²) in [6.07, 6.45) is 0. The molecule has 0 amide bonds. The first-order chi connectivity index (χ1) is 15.2. The molecule has 0 aliphatic carbocycles. The molecule has 2 heterocycles. The first-order valence-corrected chi connectivity index (χ1v) is 15.3. The summed E-state index contributed by atoms with van der Waals surface area (Å²) in [4.78, 5) is 35.1. The fraction of sp³-hybridized carbons (Fsp3) is 0.111. The number of nitrogens with zero attached hydrogens (tertiary/aromatic N) is 2. The Morgan fingerprint density at radius 1 is 0.848 bits per heavy atom. The largest absolute Gasteiger partial charge is 0.339 e. The van der Waals surface area contributed by atoms with Crippen LogP contribution in [0.25, 0.3) is 21.8 Å². The van der Waals surface area contributed by atoms with Gasteiger partial charge in [-0.3, -0.25) is 14.3 Å². The smallest absolute Gasteiger partial charge is 0.306 e. The maximum Gasteiger partial charge on any atom is 0.339 e. The highest BCUT2D eigenvalue weighted by Crippen LogP contribution is 2.61. The quantitative estimate of drug-likeness (QED) is 0.110. The fourth-order valence-electron chi connectivity index (χ4n) is 2.51. The third-order valence-electron chi connectivity index (χ3n) is 3.97. The van der Waals surface area contributed by atoms with Crippen molar-refractivity contribution < 1.29 is 4.57 Å². The Kier molecular flexibility index (Phi) is 10.3. The third kappa shape index (κ3) is 8.22. The molecule has 2 N–H and O–H groups in total. The Bertz CT molecular complexity index is 1500. The number of H-pyrrole nitrogens is 2. The van der Waals surface area contributed by atoms with Gasteiger partial charge >= 0.3 is 10.9 Å². The van der Waals surface area contributed by atoms with Gasteiger partial charge in [0.15, 0.2) is 0 Å². The third-order valence-corrected chi connectivity index (χ3v) is 6.45. The molecular formula is C18H12Br2Cl5N4O3P. The molecule has 4 rings (SSSR count). The standard InChI is InChI=1S/C9H5BrCl2N2.C9H7BrN2O2.Cl3OP/c1-4-2-3-5-7(6(4)10)13-9(12)14-8(5)11;1-4-2-3-5-7(6(4)10)11-9(14)12-8(5)13;1-5(2,3)4/h2-3H,1H3;2-3H,1H3,(H2,11,12,13,14);. The van der Waals surface area contributed by atoms with E-state index >= 15 is 0 Å². The molecule has 0 saturated heterocycles. The molecule has 0 spiro atoms. The SMILES string of the molecule is Cc1ccc2c(=O)[nH]c(=O)[nH]c2c1Br.Cc1ccc2c(Cl)nc(Cl)nc2c1Br.O=P(Cl)(Cl)Cl. The van der Waals surface area contributed by atoms with Gasteiger partial charge in [0.2, 0.25) is 5.28 Å². The number of hydrogen-bond acceptors (Lipinski definition) is 5. The lowest BCUT2D eigenvalue weighted by Crippen LogP contribution is -2.22. The van der Waals surface area contributed by atoms with Gasteiger partial charge in [-0.25, -0.2) is 14.8 Å². The number of rotatable bonds is 0. The van der Waals surface area contributed by atoms with Crippen molar-refractivity contribution in [3.8, 4) is 0 Å². The average molecular weight is 700 g/mol. The highest BCUT2D eigenvalue weighted by molar-refractivity contribution is 9.11. The molecule has 0 aliphatic heterocycles. The van der Waals surface area contributed by atoms with Crippen LogP contribution in [-0.2, 0) is 4.57 Å². The van der Waals surface area contributed by atoms with Crippen molar-refractivity contribution in [3.63, 3.8) is 0 Å². The molecule has 0 radical (unpaired) electrons. The van der Waals surface area contributed by atoms with Crippen LogP contribution < -0.4 is 11.2 Å². The van der Waals surface area contributed by atoms with Crippen LogP contribution >= 0.6 is 94.0 Å². The Labute approximate surface area is 228 Å². The zero-order valence-corrected chi connectivity index (χ0v) is 24.4. The van der Waals surface area contributed by atoms with Crippen LogP contribution in [0.1, 0.15) is 11.1 Å². The molecule has 15 heteroatoms. The molecule has 0 aliphatic rings. The lowest BCUT2D eigenvalue weighted by molar-refractivity contribution is 0.600. The van der Waals surface area contributed by atoms with E-state index in [-0.39, 0.29) is 10.8 Å². The summed E-state index contributed by atoms with van der Waals surface area (Å²) in [5, 5.41) is -1.41. The molecule has 4 aromatic rings. The van der Waals surface area contributed by atoms with E-state index in [2.05, 4.69) is 85.5 Å². The highest BCUT2D eigenvalue weighted by Gasteiger charge is 2.09. The number of aromatic nitrogens is 4. The van der Waals surface area contributed by atoms with E-state index in [0.717, 1.165) is 31.0 Å². The van der Waals surface area contributed by atoms with Crippen LogP contribution in [0.2, 0.25) is 10.4 Å². The van der Waals surface area contributed by atoms with Gasteiger partial charge in [0.1, 0.15) is 5.15 Å². The fourth-order valence-corrected chi connectivity index (χ4v) is 3.83. The molecule has 176 valence electrons. The van der Waals surface area contributed by atoms with Crippen LogP contribution in [-0.4, -0.2) is 19.9 Å². The van der Waals surface area contributed by atoms with Crippen LogP contribution in [0, 0.1) is 13.8 Å². The van der Waals surface area contributed by atoms with E-state index in [1.807, 2.05) is 32.0 Å². The average Bonchev–Trinajstić information content (AvgIpc) is 2.67. The van der Waals surface area contributed by atoms with Crippen molar-refractivity contribution in [2.45, 2.75) is 13.8 Å². The molecule has 0 fully saturated rings. The molecule has 0 atom stereocenters. The number of aromatic amines is 2. The summed E-state index contributed by atoms with van der Waals surface area (Å²) >= 11 is 32.3. The number of nitrogens with one attached hydrogen (secondary N) is 2. The van der Waals surface area contributed by atoms with E-state index in [1.54, 1.807) is 6.07 Å². The van der Waals surface area contributed by atoms with E-state index < -0.39 is 10.9 Å². The zero-order valence-electron chi connectivity index (χ0n) is 16.5. The Hall–Kier alpha value is -0.640. The molecule has 7 nitrogen and oxygen atoms in total. The lowest BCUT2D eigenvalue weighted by Gasteiger charge is -2.04. The number of aryl methyl sites for hydroxylation is 2. The summed E-state index contributed by atoms with van der Waals surface area (Å²) in [7, 11) is 0. The Morgan fingerprint density at radius 2 is 1.36 bits per heavy atom. The van der Waals surface area contributed by atoms with E-state index in [0.29, 0.717) is 16.1 Å². The first-order valence-electron chi connectivity index (χ1n) is 8.57. The van der Waals surface area contributed by atoms with E-state index in [9.17, 15) is 14.2 Å². The summed E-state index contributed by atoms with van der Waals surface area (Å²) in [6, 6.07) is 7.34. The van der Waals surface area contributed by atoms with Gasteiger partial charge in [-0.2, -0.15) is 0 Å². The van der Waals surface area contributed by atoms with Gasteiger partial charge in [-0.15, -0.1) is 0 Å². The molecule has 0 unspecified atom stereocenters. The molecular weight excluding hydrogens is 688 g/mol. The van der Waals surface area contributed by atoms with Gasteiger partial charge < -0.3 is 4.98 Å². The lowest BCUT2D eigenvalue weighted by atomic mass is 10.2. The summed E-state index contributed by atoms with van der Waals surface area (Å²) in [5.41, 5.74) is 2.48. The minimum Gasteiger partial charge on any atom is -0.306 e. The summed E-state index contributed by atoms with van der Waals surface area (Å²) in [5.74, 6) is 0. The second-order valence-electron chi connectivity index (χ2n) is 6.30. The molecule has 33 heavy (non-hydrogen) atoms. The minimum absolute atomic E-state index is 0.161. The van der Waals surface area contributed by atoms with Gasteiger partial charge in [0.05, 0.1) is 16.4 Å². The number of halogens is 7. The van der Waals surface area contributed by atoms with Gasteiger partial charge in [-0.1, -0.05) is 23.7 Å².